The van der Waals surface area contributed by atoms with Crippen LogP contribution in [0.15, 0.2) is 34.8 Å². The third-order valence-electron chi connectivity index (χ3n) is 2.97. The van der Waals surface area contributed by atoms with Gasteiger partial charge in [0.1, 0.15) is 4.90 Å². The Kier molecular flexibility index (Phi) is 4.54. The maximum absolute atomic E-state index is 12.7. The Labute approximate surface area is 123 Å². The second-order valence-electron chi connectivity index (χ2n) is 4.50. The van der Waals surface area contributed by atoms with Crippen molar-refractivity contribution in [2.24, 2.45) is 5.73 Å². The van der Waals surface area contributed by atoms with E-state index < -0.39 is 10.0 Å². The highest BCUT2D eigenvalue weighted by Gasteiger charge is 2.27. The molecule has 20 heavy (non-hydrogen) atoms. The number of nitrogens with zero attached hydrogens (tertiary/aromatic N) is 2. The van der Waals surface area contributed by atoms with Gasteiger partial charge in [-0.05, 0) is 29.5 Å². The summed E-state index contributed by atoms with van der Waals surface area (Å²) in [5, 5.41) is 1.83. The van der Waals surface area contributed by atoms with Gasteiger partial charge in [-0.25, -0.2) is 8.42 Å². The number of aromatic nitrogens is 1. The fraction of sp³-hybridized carbons (Fsp3) is 0.308. The van der Waals surface area contributed by atoms with Crippen LogP contribution in [-0.4, -0.2) is 24.8 Å². The van der Waals surface area contributed by atoms with Crippen LogP contribution in [0.5, 0.6) is 0 Å². The topological polar surface area (TPSA) is 76.3 Å². The van der Waals surface area contributed by atoms with Gasteiger partial charge in [0.25, 0.3) is 0 Å². The van der Waals surface area contributed by atoms with Gasteiger partial charge in [0.05, 0.1) is 0 Å². The standard InChI is InChI=1S/C13H17N3O2S2/c1-10-9-19-12(6-14)13(10)20(17,18)16(2)8-11-4-3-5-15-7-11/h3-5,7,9H,6,8,14H2,1-2H3. The molecule has 0 unspecified atom stereocenters. The molecule has 0 aliphatic rings. The first kappa shape index (κ1) is 15.1. The van der Waals surface area contributed by atoms with Crippen molar-refractivity contribution in [1.29, 1.82) is 0 Å². The van der Waals surface area contributed by atoms with Gasteiger partial charge in [0, 0.05) is 37.4 Å². The van der Waals surface area contributed by atoms with Crippen molar-refractivity contribution < 1.29 is 8.42 Å². The molecule has 0 spiro atoms. The van der Waals surface area contributed by atoms with E-state index in [1.807, 2.05) is 11.4 Å². The normalized spacial score (nSPS) is 12.0. The van der Waals surface area contributed by atoms with Crippen LogP contribution in [0, 0.1) is 6.92 Å². The van der Waals surface area contributed by atoms with E-state index in [9.17, 15) is 8.42 Å². The van der Waals surface area contributed by atoms with Crippen molar-refractivity contribution >= 4 is 21.4 Å². The van der Waals surface area contributed by atoms with Crippen LogP contribution in [0.3, 0.4) is 0 Å². The number of thiophene rings is 1. The molecule has 7 heteroatoms. The second-order valence-corrected chi connectivity index (χ2v) is 7.44. The van der Waals surface area contributed by atoms with Gasteiger partial charge in [-0.3, -0.25) is 4.98 Å². The molecule has 0 aliphatic carbocycles. The number of sulfonamides is 1. The lowest BCUT2D eigenvalue weighted by molar-refractivity contribution is 0.465. The number of rotatable bonds is 5. The van der Waals surface area contributed by atoms with Gasteiger partial charge >= 0.3 is 0 Å². The molecule has 2 rings (SSSR count). The predicted octanol–water partition coefficient (Wildman–Crippen LogP) is 1.73. The Bertz CT molecular complexity index is 681. The van der Waals surface area contributed by atoms with E-state index in [4.69, 9.17) is 5.73 Å². The van der Waals surface area contributed by atoms with Gasteiger partial charge in [0.15, 0.2) is 0 Å². The average molecular weight is 311 g/mol. The number of nitrogens with two attached hydrogens (primary N) is 1. The zero-order valence-electron chi connectivity index (χ0n) is 11.4. The maximum atomic E-state index is 12.7. The van der Waals surface area contributed by atoms with Gasteiger partial charge in [-0.15, -0.1) is 11.3 Å². The molecule has 0 amide bonds. The first-order valence-electron chi connectivity index (χ1n) is 6.09. The van der Waals surface area contributed by atoms with E-state index in [0.717, 1.165) is 11.1 Å². The van der Waals surface area contributed by atoms with Gasteiger partial charge in [0.2, 0.25) is 10.0 Å². The van der Waals surface area contributed by atoms with Gasteiger partial charge in [-0.2, -0.15) is 4.31 Å². The molecule has 0 fully saturated rings. The molecular weight excluding hydrogens is 294 g/mol. The maximum Gasteiger partial charge on any atom is 0.244 e. The number of aryl methyl sites for hydroxylation is 1. The van der Waals surface area contributed by atoms with Gasteiger partial charge in [-0.1, -0.05) is 6.07 Å². The predicted molar refractivity (Wildman–Crippen MR) is 79.8 cm³/mol. The Hall–Kier alpha value is -1.28. The summed E-state index contributed by atoms with van der Waals surface area (Å²) in [5.41, 5.74) is 7.22. The highest BCUT2D eigenvalue weighted by molar-refractivity contribution is 7.89. The Balaban J connectivity index is 2.32. The molecule has 0 saturated heterocycles. The third kappa shape index (κ3) is 2.90. The fourth-order valence-corrected chi connectivity index (χ4v) is 4.77. The van der Waals surface area contributed by atoms with E-state index in [1.54, 1.807) is 32.4 Å². The number of hydrogen-bond donors (Lipinski definition) is 1. The lowest BCUT2D eigenvalue weighted by Crippen LogP contribution is -2.27. The van der Waals surface area contributed by atoms with Crippen molar-refractivity contribution in [2.45, 2.75) is 24.9 Å². The van der Waals surface area contributed by atoms with Crippen molar-refractivity contribution in [1.82, 2.24) is 9.29 Å². The van der Waals surface area contributed by atoms with Crippen LogP contribution < -0.4 is 5.73 Å². The lowest BCUT2D eigenvalue weighted by atomic mass is 10.3. The Morgan fingerprint density at radius 1 is 1.45 bits per heavy atom. The summed E-state index contributed by atoms with van der Waals surface area (Å²) >= 11 is 1.38. The molecule has 2 heterocycles. The van der Waals surface area contributed by atoms with E-state index in [2.05, 4.69) is 4.98 Å². The summed E-state index contributed by atoms with van der Waals surface area (Å²) in [6, 6.07) is 3.64. The molecule has 2 N–H and O–H groups in total. The average Bonchev–Trinajstić information content (AvgIpc) is 2.81. The van der Waals surface area contributed by atoms with E-state index >= 15 is 0 Å². The summed E-state index contributed by atoms with van der Waals surface area (Å²) in [6.07, 6.45) is 3.32. The number of pyridine rings is 1. The van der Waals surface area contributed by atoms with Crippen molar-refractivity contribution in [3.63, 3.8) is 0 Å². The molecular formula is C13H17N3O2S2. The van der Waals surface area contributed by atoms with Crippen LogP contribution in [0.1, 0.15) is 16.0 Å². The summed E-state index contributed by atoms with van der Waals surface area (Å²) < 4.78 is 26.6. The van der Waals surface area contributed by atoms with Crippen LogP contribution in [0.4, 0.5) is 0 Å². The van der Waals surface area contributed by atoms with Crippen LogP contribution in [0.2, 0.25) is 0 Å². The van der Waals surface area contributed by atoms with Crippen molar-refractivity contribution in [2.75, 3.05) is 7.05 Å². The molecule has 108 valence electrons. The van der Waals surface area contributed by atoms with Crippen LogP contribution in [0.25, 0.3) is 0 Å². The molecule has 5 nitrogen and oxygen atoms in total. The minimum atomic E-state index is -3.53. The molecule has 0 aromatic carbocycles. The minimum absolute atomic E-state index is 0.230. The Morgan fingerprint density at radius 3 is 2.80 bits per heavy atom. The molecule has 0 aliphatic heterocycles. The summed E-state index contributed by atoms with van der Waals surface area (Å²) in [5.74, 6) is 0. The Morgan fingerprint density at radius 2 is 2.20 bits per heavy atom. The minimum Gasteiger partial charge on any atom is -0.326 e. The largest absolute Gasteiger partial charge is 0.326 e. The first-order chi connectivity index (χ1) is 9.46. The third-order valence-corrected chi connectivity index (χ3v) is 6.26. The molecule has 2 aromatic rings. The SMILES string of the molecule is Cc1csc(CN)c1S(=O)(=O)N(C)Cc1cccnc1. The van der Waals surface area contributed by atoms with E-state index in [0.29, 0.717) is 9.77 Å². The molecule has 2 aromatic heterocycles. The monoisotopic (exact) mass is 311 g/mol. The highest BCUT2D eigenvalue weighted by Crippen LogP contribution is 2.29. The molecule has 0 bridgehead atoms. The van der Waals surface area contributed by atoms with Crippen LogP contribution in [-0.2, 0) is 23.1 Å². The zero-order valence-corrected chi connectivity index (χ0v) is 13.0. The summed E-state index contributed by atoms with van der Waals surface area (Å²) in [7, 11) is -1.96. The molecule has 0 saturated carbocycles. The smallest absolute Gasteiger partial charge is 0.244 e. The number of hydrogen-bond acceptors (Lipinski definition) is 5. The summed E-state index contributed by atoms with van der Waals surface area (Å²) in [6.45, 7) is 2.31. The quantitative estimate of drug-likeness (QED) is 0.912. The second kappa shape index (κ2) is 6.01. The fourth-order valence-electron chi connectivity index (χ4n) is 1.96. The van der Waals surface area contributed by atoms with Crippen molar-refractivity contribution in [3.8, 4) is 0 Å². The summed E-state index contributed by atoms with van der Waals surface area (Å²) in [4.78, 5) is 5.03. The van der Waals surface area contributed by atoms with Gasteiger partial charge < -0.3 is 5.73 Å². The van der Waals surface area contributed by atoms with E-state index in [1.165, 1.54) is 15.6 Å². The molecule has 0 atom stereocenters. The van der Waals surface area contributed by atoms with Crippen LogP contribution >= 0.6 is 11.3 Å². The lowest BCUT2D eigenvalue weighted by Gasteiger charge is -2.18. The van der Waals surface area contributed by atoms with E-state index in [-0.39, 0.29) is 13.1 Å². The molecule has 0 radical (unpaired) electrons. The zero-order chi connectivity index (χ0) is 14.8. The first-order valence-corrected chi connectivity index (χ1v) is 8.41. The van der Waals surface area contributed by atoms with Crippen molar-refractivity contribution in [3.05, 3.63) is 45.9 Å². The highest BCUT2D eigenvalue weighted by atomic mass is 32.2.